The van der Waals surface area contributed by atoms with E-state index in [9.17, 15) is 9.59 Å². The summed E-state index contributed by atoms with van der Waals surface area (Å²) in [4.78, 5) is 27.3. The van der Waals surface area contributed by atoms with E-state index in [1.54, 1.807) is 0 Å². The number of unbranched alkanes of at least 4 members (excludes halogenated alkanes) is 1. The van der Waals surface area contributed by atoms with E-state index < -0.39 is 0 Å². The molecule has 0 aromatic carbocycles. The molecule has 2 saturated heterocycles. The van der Waals surface area contributed by atoms with Gasteiger partial charge in [-0.25, -0.2) is 4.79 Å². The number of urea groups is 1. The molecule has 0 spiro atoms. The Kier molecular flexibility index (Phi) is 9.93. The molecule has 3 atom stereocenters. The lowest BCUT2D eigenvalue weighted by Crippen LogP contribution is -2.36. The number of amides is 3. The van der Waals surface area contributed by atoms with Crippen molar-refractivity contribution in [3.05, 3.63) is 0 Å². The molecule has 2 rings (SSSR count). The molecule has 3 unspecified atom stereocenters. The number of carbonyl (C=O) groups excluding carboxylic acids is 2. The van der Waals surface area contributed by atoms with Crippen LogP contribution in [0.15, 0.2) is 4.99 Å². The lowest BCUT2D eigenvalue weighted by molar-refractivity contribution is -0.121. The Labute approximate surface area is 165 Å². The fourth-order valence-corrected chi connectivity index (χ4v) is 4.63. The summed E-state index contributed by atoms with van der Waals surface area (Å²) in [6.07, 6.45) is 3.44. The highest BCUT2D eigenvalue weighted by molar-refractivity contribution is 8.00. The van der Waals surface area contributed by atoms with Crippen LogP contribution in [-0.2, 0) is 14.3 Å². The van der Waals surface area contributed by atoms with E-state index in [0.29, 0.717) is 44.8 Å². The van der Waals surface area contributed by atoms with Gasteiger partial charge in [0.2, 0.25) is 5.91 Å². The van der Waals surface area contributed by atoms with Gasteiger partial charge in [0.05, 0.1) is 31.9 Å². The highest BCUT2D eigenvalue weighted by atomic mass is 32.2. The third-order valence-electron chi connectivity index (χ3n) is 4.49. The van der Waals surface area contributed by atoms with Gasteiger partial charge in [-0.1, -0.05) is 6.42 Å². The summed E-state index contributed by atoms with van der Waals surface area (Å²) >= 11 is 1.91. The molecule has 154 valence electrons. The van der Waals surface area contributed by atoms with Gasteiger partial charge in [0.1, 0.15) is 6.73 Å². The van der Waals surface area contributed by atoms with Crippen molar-refractivity contribution in [3.8, 4) is 0 Å². The van der Waals surface area contributed by atoms with E-state index in [-0.39, 0.29) is 24.0 Å². The molecule has 0 radical (unpaired) electrons. The van der Waals surface area contributed by atoms with Gasteiger partial charge in [-0.05, 0) is 26.7 Å². The average molecular weight is 401 g/mol. The third-order valence-corrected chi connectivity index (χ3v) is 6.00. The number of thioether (sulfide) groups is 1. The van der Waals surface area contributed by atoms with Crippen molar-refractivity contribution in [2.45, 2.75) is 56.9 Å². The molecular weight excluding hydrogens is 368 g/mol. The number of carbonyl (C=O) groups is 2. The monoisotopic (exact) mass is 400 g/mol. The highest BCUT2D eigenvalue weighted by Crippen LogP contribution is 2.33. The van der Waals surface area contributed by atoms with Crippen molar-refractivity contribution >= 4 is 29.4 Å². The number of nitrogens with one attached hydrogen (secondary N) is 3. The first kappa shape index (κ1) is 22.0. The van der Waals surface area contributed by atoms with E-state index in [4.69, 9.17) is 9.47 Å². The lowest BCUT2D eigenvalue weighted by atomic mass is 10.0. The average Bonchev–Trinajstić information content (AvgIpc) is 3.16. The van der Waals surface area contributed by atoms with E-state index in [1.807, 2.05) is 25.6 Å². The van der Waals surface area contributed by atoms with Gasteiger partial charge in [0.15, 0.2) is 0 Å². The smallest absolute Gasteiger partial charge is 0.315 e. The summed E-state index contributed by atoms with van der Waals surface area (Å²) in [7, 11) is 0. The van der Waals surface area contributed by atoms with Gasteiger partial charge in [-0.15, -0.1) is 0 Å². The summed E-state index contributed by atoms with van der Waals surface area (Å²) in [6.45, 7) is 6.23. The maximum absolute atomic E-state index is 11.8. The standard InChI is InChI=1S/C18H32N4O4S/c1-13(2)20-12-26-10-9-25-8-7-19-16(23)6-4-3-5-15-17-14(11-27-15)21-18(24)22-17/h14-15,17H,3-12H2,1-2H3,(H,19,23)(H2,21,22,24). The summed E-state index contributed by atoms with van der Waals surface area (Å²) in [6, 6.07) is 0.466. The zero-order valence-electron chi connectivity index (χ0n) is 16.3. The number of hydrogen-bond acceptors (Lipinski definition) is 6. The van der Waals surface area contributed by atoms with Gasteiger partial charge in [0.25, 0.3) is 0 Å². The van der Waals surface area contributed by atoms with Crippen LogP contribution in [0, 0.1) is 0 Å². The van der Waals surface area contributed by atoms with Gasteiger partial charge < -0.3 is 25.4 Å². The minimum Gasteiger partial charge on any atom is -0.377 e. The van der Waals surface area contributed by atoms with Crippen LogP contribution in [-0.4, -0.2) is 73.8 Å². The van der Waals surface area contributed by atoms with Crippen molar-refractivity contribution in [2.75, 3.05) is 38.8 Å². The first-order valence-electron chi connectivity index (χ1n) is 9.64. The molecule has 3 amide bonds. The Balaban J connectivity index is 1.39. The van der Waals surface area contributed by atoms with Crippen LogP contribution >= 0.6 is 11.8 Å². The number of ether oxygens (including phenoxy) is 2. The van der Waals surface area contributed by atoms with Crippen LogP contribution < -0.4 is 16.0 Å². The van der Waals surface area contributed by atoms with Crippen molar-refractivity contribution in [3.63, 3.8) is 0 Å². The number of aliphatic imine (C=N–C) groups is 1. The molecule has 9 heteroatoms. The Bertz CT molecular complexity index is 514. The predicted molar refractivity (Wildman–Crippen MR) is 107 cm³/mol. The van der Waals surface area contributed by atoms with Gasteiger partial charge in [0, 0.05) is 29.7 Å². The summed E-state index contributed by atoms with van der Waals surface area (Å²) in [5.41, 5.74) is 0.993. The molecule has 2 aliphatic rings. The largest absolute Gasteiger partial charge is 0.377 e. The Morgan fingerprint density at radius 1 is 1.22 bits per heavy atom. The second kappa shape index (κ2) is 12.2. The predicted octanol–water partition coefficient (Wildman–Crippen LogP) is 1.30. The molecule has 0 saturated carbocycles. The minimum atomic E-state index is -0.0481. The molecule has 27 heavy (non-hydrogen) atoms. The normalized spacial score (nSPS) is 23.5. The van der Waals surface area contributed by atoms with Gasteiger partial charge in [-0.3, -0.25) is 9.79 Å². The van der Waals surface area contributed by atoms with E-state index >= 15 is 0 Å². The fraction of sp³-hybridized carbons (Fsp3) is 0.833. The molecule has 0 aromatic heterocycles. The van der Waals surface area contributed by atoms with Crippen LogP contribution in [0.3, 0.4) is 0 Å². The molecule has 0 aromatic rings. The van der Waals surface area contributed by atoms with Gasteiger partial charge >= 0.3 is 6.03 Å². The van der Waals surface area contributed by atoms with Crippen LogP contribution in [0.5, 0.6) is 0 Å². The number of hydrogen-bond donors (Lipinski definition) is 3. The first-order chi connectivity index (χ1) is 13.1. The third kappa shape index (κ3) is 8.49. The van der Waals surface area contributed by atoms with Gasteiger partial charge in [-0.2, -0.15) is 11.8 Å². The van der Waals surface area contributed by atoms with Crippen molar-refractivity contribution in [1.29, 1.82) is 0 Å². The molecule has 0 bridgehead atoms. The second-order valence-corrected chi connectivity index (χ2v) is 8.24. The van der Waals surface area contributed by atoms with Crippen LogP contribution in [0.4, 0.5) is 4.79 Å². The van der Waals surface area contributed by atoms with E-state index in [1.165, 1.54) is 0 Å². The SMILES string of the molecule is CC(C)=NCOCCOCCNC(=O)CCCCC1SCC2NC(=O)NC21. The summed E-state index contributed by atoms with van der Waals surface area (Å²) in [5, 5.41) is 9.27. The topological polar surface area (TPSA) is 101 Å². The maximum atomic E-state index is 11.8. The van der Waals surface area contributed by atoms with Crippen molar-refractivity contribution in [2.24, 2.45) is 4.99 Å². The molecule has 8 nitrogen and oxygen atoms in total. The van der Waals surface area contributed by atoms with Crippen molar-refractivity contribution in [1.82, 2.24) is 16.0 Å². The Hall–Kier alpha value is -1.32. The van der Waals surface area contributed by atoms with Crippen LogP contribution in [0.1, 0.15) is 39.5 Å². The molecule has 0 aliphatic carbocycles. The van der Waals surface area contributed by atoms with Crippen molar-refractivity contribution < 1.29 is 19.1 Å². The van der Waals surface area contributed by atoms with Crippen LogP contribution in [0.2, 0.25) is 0 Å². The summed E-state index contributed by atoms with van der Waals surface area (Å²) in [5.74, 6) is 1.04. The second-order valence-electron chi connectivity index (χ2n) is 6.97. The number of fused-ring (bicyclic) bond motifs is 1. The Morgan fingerprint density at radius 3 is 2.85 bits per heavy atom. The minimum absolute atomic E-state index is 0.0481. The van der Waals surface area contributed by atoms with E-state index in [0.717, 1.165) is 30.7 Å². The maximum Gasteiger partial charge on any atom is 0.315 e. The molecule has 3 N–H and O–H groups in total. The highest BCUT2D eigenvalue weighted by Gasteiger charge is 2.42. The molecule has 2 aliphatic heterocycles. The fourth-order valence-electron chi connectivity index (χ4n) is 3.08. The first-order valence-corrected chi connectivity index (χ1v) is 10.7. The molecule has 2 heterocycles. The van der Waals surface area contributed by atoms with E-state index in [2.05, 4.69) is 20.9 Å². The van der Waals surface area contributed by atoms with Crippen LogP contribution in [0.25, 0.3) is 0 Å². The number of nitrogens with zero attached hydrogens (tertiary/aromatic N) is 1. The zero-order chi connectivity index (χ0) is 19.5. The quantitative estimate of drug-likeness (QED) is 0.246. The summed E-state index contributed by atoms with van der Waals surface area (Å²) < 4.78 is 10.7. The Morgan fingerprint density at radius 2 is 2.04 bits per heavy atom. The number of rotatable bonds is 13. The zero-order valence-corrected chi connectivity index (χ0v) is 17.1. The molecule has 2 fully saturated rings. The molecular formula is C18H32N4O4S. The lowest BCUT2D eigenvalue weighted by Gasteiger charge is -2.16.